The number of hydrogen-bond donors (Lipinski definition) is 2. The first-order chi connectivity index (χ1) is 9.61. The number of ether oxygens (including phenoxy) is 1. The molecule has 0 aliphatic carbocycles. The maximum atomic E-state index is 13.4. The first-order valence-electron chi connectivity index (χ1n) is 5.75. The van der Waals surface area contributed by atoms with Crippen LogP contribution in [0.5, 0.6) is 5.75 Å². The zero-order valence-corrected chi connectivity index (χ0v) is 10.4. The minimum atomic E-state index is -0.766. The van der Waals surface area contributed by atoms with Gasteiger partial charge < -0.3 is 15.7 Å². The van der Waals surface area contributed by atoms with Crippen molar-refractivity contribution in [3.63, 3.8) is 0 Å². The highest BCUT2D eigenvalue weighted by Gasteiger charge is 2.10. The fraction of sp³-hybridized carbons (Fsp3) is 0.0714. The molecule has 0 unspecified atom stereocenters. The van der Waals surface area contributed by atoms with Gasteiger partial charge in [-0.1, -0.05) is 29.4 Å². The SMILES string of the molecule is N/C(=N/O)c1cccc(COc2c(F)cccc2F)c1. The second-order valence-corrected chi connectivity index (χ2v) is 4.03. The van der Waals surface area contributed by atoms with E-state index in [0.717, 1.165) is 12.1 Å². The summed E-state index contributed by atoms with van der Waals surface area (Å²) in [4.78, 5) is 0. The summed E-state index contributed by atoms with van der Waals surface area (Å²) in [6.07, 6.45) is 0. The maximum Gasteiger partial charge on any atom is 0.191 e. The van der Waals surface area contributed by atoms with Gasteiger partial charge in [-0.2, -0.15) is 0 Å². The summed E-state index contributed by atoms with van der Waals surface area (Å²) in [5.41, 5.74) is 6.58. The number of rotatable bonds is 4. The van der Waals surface area contributed by atoms with Crippen LogP contribution in [0.25, 0.3) is 0 Å². The summed E-state index contributed by atoms with van der Waals surface area (Å²) in [7, 11) is 0. The summed E-state index contributed by atoms with van der Waals surface area (Å²) in [5, 5.41) is 11.5. The lowest BCUT2D eigenvalue weighted by Gasteiger charge is -2.09. The zero-order chi connectivity index (χ0) is 14.5. The van der Waals surface area contributed by atoms with E-state index in [1.165, 1.54) is 6.07 Å². The molecule has 2 aromatic carbocycles. The van der Waals surface area contributed by atoms with Crippen LogP contribution < -0.4 is 10.5 Å². The molecular formula is C14H12F2N2O2. The van der Waals surface area contributed by atoms with Gasteiger partial charge in [0.05, 0.1) is 0 Å². The van der Waals surface area contributed by atoms with Gasteiger partial charge in [-0.05, 0) is 23.8 Å². The Morgan fingerprint density at radius 3 is 2.45 bits per heavy atom. The number of oxime groups is 1. The van der Waals surface area contributed by atoms with Crippen molar-refractivity contribution in [1.82, 2.24) is 0 Å². The standard InChI is InChI=1S/C14H12F2N2O2/c15-11-5-2-6-12(16)13(11)20-8-9-3-1-4-10(7-9)14(17)18-19/h1-7,19H,8H2,(H2,17,18). The molecule has 0 atom stereocenters. The van der Waals surface area contributed by atoms with Crippen LogP contribution in [-0.2, 0) is 6.61 Å². The molecule has 0 radical (unpaired) electrons. The number of amidine groups is 1. The topological polar surface area (TPSA) is 67.8 Å². The Hall–Kier alpha value is -2.63. The van der Waals surface area contributed by atoms with Crippen molar-refractivity contribution in [1.29, 1.82) is 0 Å². The second-order valence-electron chi connectivity index (χ2n) is 4.03. The van der Waals surface area contributed by atoms with Crippen molar-refractivity contribution in [2.24, 2.45) is 10.9 Å². The number of halogens is 2. The maximum absolute atomic E-state index is 13.4. The van der Waals surface area contributed by atoms with Crippen LogP contribution in [0, 0.1) is 11.6 Å². The van der Waals surface area contributed by atoms with Crippen LogP contribution in [0.1, 0.15) is 11.1 Å². The predicted molar refractivity (Wildman–Crippen MR) is 69.6 cm³/mol. The lowest BCUT2D eigenvalue weighted by molar-refractivity contribution is 0.274. The normalized spacial score (nSPS) is 11.4. The highest BCUT2D eigenvalue weighted by atomic mass is 19.1. The van der Waals surface area contributed by atoms with Crippen molar-refractivity contribution >= 4 is 5.84 Å². The summed E-state index contributed by atoms with van der Waals surface area (Å²) in [6.45, 7) is -0.0373. The number of benzene rings is 2. The second kappa shape index (κ2) is 6.01. The van der Waals surface area contributed by atoms with Crippen molar-refractivity contribution in [2.75, 3.05) is 0 Å². The van der Waals surface area contributed by atoms with Gasteiger partial charge in [0.15, 0.2) is 23.2 Å². The number of nitrogens with zero attached hydrogens (tertiary/aromatic N) is 1. The monoisotopic (exact) mass is 278 g/mol. The van der Waals surface area contributed by atoms with E-state index in [-0.39, 0.29) is 12.4 Å². The van der Waals surface area contributed by atoms with Crippen LogP contribution in [0.2, 0.25) is 0 Å². The van der Waals surface area contributed by atoms with E-state index < -0.39 is 17.4 Å². The largest absolute Gasteiger partial charge is 0.483 e. The average Bonchev–Trinajstić information content (AvgIpc) is 2.46. The Morgan fingerprint density at radius 1 is 1.15 bits per heavy atom. The Balaban J connectivity index is 2.15. The minimum Gasteiger partial charge on any atom is -0.483 e. The van der Waals surface area contributed by atoms with E-state index in [0.29, 0.717) is 11.1 Å². The van der Waals surface area contributed by atoms with Gasteiger partial charge in [0.1, 0.15) is 6.61 Å². The van der Waals surface area contributed by atoms with Crippen molar-refractivity contribution in [2.45, 2.75) is 6.61 Å². The van der Waals surface area contributed by atoms with Crippen LogP contribution in [0.3, 0.4) is 0 Å². The smallest absolute Gasteiger partial charge is 0.191 e. The van der Waals surface area contributed by atoms with E-state index in [1.807, 2.05) is 0 Å². The van der Waals surface area contributed by atoms with Gasteiger partial charge >= 0.3 is 0 Å². The third kappa shape index (κ3) is 3.03. The molecule has 0 heterocycles. The summed E-state index contributed by atoms with van der Waals surface area (Å²) in [5.74, 6) is -2.01. The third-order valence-electron chi connectivity index (χ3n) is 2.63. The molecule has 20 heavy (non-hydrogen) atoms. The zero-order valence-electron chi connectivity index (χ0n) is 10.4. The Bertz CT molecular complexity index is 625. The molecule has 2 rings (SSSR count). The van der Waals surface area contributed by atoms with E-state index in [9.17, 15) is 8.78 Å². The Kier molecular flexibility index (Phi) is 4.14. The van der Waals surface area contributed by atoms with E-state index >= 15 is 0 Å². The van der Waals surface area contributed by atoms with Gasteiger partial charge in [-0.15, -0.1) is 0 Å². The third-order valence-corrected chi connectivity index (χ3v) is 2.63. The Morgan fingerprint density at radius 2 is 1.80 bits per heavy atom. The van der Waals surface area contributed by atoms with E-state index in [2.05, 4.69) is 5.16 Å². The van der Waals surface area contributed by atoms with Gasteiger partial charge in [0, 0.05) is 5.56 Å². The van der Waals surface area contributed by atoms with Crippen LogP contribution in [-0.4, -0.2) is 11.0 Å². The van der Waals surface area contributed by atoms with Crippen LogP contribution >= 0.6 is 0 Å². The molecule has 0 fully saturated rings. The minimum absolute atomic E-state index is 0.0373. The van der Waals surface area contributed by atoms with Gasteiger partial charge in [-0.25, -0.2) is 8.78 Å². The molecule has 6 heteroatoms. The molecular weight excluding hydrogens is 266 g/mol. The van der Waals surface area contributed by atoms with Crippen molar-refractivity contribution in [3.05, 3.63) is 65.2 Å². The van der Waals surface area contributed by atoms with E-state index in [4.69, 9.17) is 15.7 Å². The molecule has 2 aromatic rings. The quantitative estimate of drug-likeness (QED) is 0.391. The van der Waals surface area contributed by atoms with E-state index in [1.54, 1.807) is 24.3 Å². The summed E-state index contributed by atoms with van der Waals surface area (Å²) >= 11 is 0. The Labute approximate surface area is 114 Å². The van der Waals surface area contributed by atoms with Crippen LogP contribution in [0.15, 0.2) is 47.6 Å². The predicted octanol–water partition coefficient (Wildman–Crippen LogP) is 2.64. The molecule has 0 aromatic heterocycles. The van der Waals surface area contributed by atoms with Crippen molar-refractivity contribution < 1.29 is 18.7 Å². The first-order valence-corrected chi connectivity index (χ1v) is 5.75. The molecule has 0 amide bonds. The van der Waals surface area contributed by atoms with Gasteiger partial charge in [-0.3, -0.25) is 0 Å². The lowest BCUT2D eigenvalue weighted by atomic mass is 10.1. The molecule has 104 valence electrons. The van der Waals surface area contributed by atoms with Gasteiger partial charge in [0.25, 0.3) is 0 Å². The fourth-order valence-corrected chi connectivity index (χ4v) is 1.65. The lowest BCUT2D eigenvalue weighted by Crippen LogP contribution is -2.13. The highest BCUT2D eigenvalue weighted by molar-refractivity contribution is 5.97. The molecule has 3 N–H and O–H groups in total. The summed E-state index contributed by atoms with van der Waals surface area (Å²) in [6, 6.07) is 10.1. The van der Waals surface area contributed by atoms with Gasteiger partial charge in [0.2, 0.25) is 0 Å². The molecule has 0 bridgehead atoms. The highest BCUT2D eigenvalue weighted by Crippen LogP contribution is 2.22. The molecule has 4 nitrogen and oxygen atoms in total. The van der Waals surface area contributed by atoms with Crippen LogP contribution in [0.4, 0.5) is 8.78 Å². The van der Waals surface area contributed by atoms with Crippen molar-refractivity contribution in [3.8, 4) is 5.75 Å². The molecule has 0 saturated heterocycles. The molecule has 0 saturated carbocycles. The first kappa shape index (κ1) is 13.8. The average molecular weight is 278 g/mol. The molecule has 0 aliphatic rings. The summed E-state index contributed by atoms with van der Waals surface area (Å²) < 4.78 is 31.9. The molecule has 0 spiro atoms. The number of hydrogen-bond acceptors (Lipinski definition) is 3. The molecule has 0 aliphatic heterocycles. The number of nitrogens with two attached hydrogens (primary N) is 1. The fourth-order valence-electron chi connectivity index (χ4n) is 1.65. The number of para-hydroxylation sites is 1.